The standard InChI is InChI=1S/C12H14N2O6/c1-3-19-11(15)8(2)13-12(16)20-10-6-4-9(5-7-10)14(17)18/h4-8H,3H2,1-2H3,(H,13,16)/t8-/m0/s1. The Kier molecular flexibility index (Phi) is 5.45. The number of nitrogens with one attached hydrogen (secondary N) is 1. The zero-order valence-electron chi connectivity index (χ0n) is 11.0. The highest BCUT2D eigenvalue weighted by molar-refractivity contribution is 5.81. The molecule has 0 unspecified atom stereocenters. The van der Waals surface area contributed by atoms with Crippen LogP contribution in [-0.4, -0.2) is 29.6 Å². The lowest BCUT2D eigenvalue weighted by Crippen LogP contribution is -2.41. The van der Waals surface area contributed by atoms with E-state index in [1.807, 2.05) is 0 Å². The molecule has 108 valence electrons. The topological polar surface area (TPSA) is 108 Å². The predicted molar refractivity (Wildman–Crippen MR) is 68.4 cm³/mol. The van der Waals surface area contributed by atoms with Crippen molar-refractivity contribution in [2.45, 2.75) is 19.9 Å². The van der Waals surface area contributed by atoms with Gasteiger partial charge in [-0.2, -0.15) is 0 Å². The Labute approximate surface area is 114 Å². The van der Waals surface area contributed by atoms with Crippen LogP contribution in [0.15, 0.2) is 24.3 Å². The van der Waals surface area contributed by atoms with Gasteiger partial charge in [0.25, 0.3) is 5.69 Å². The molecule has 1 atom stereocenters. The van der Waals surface area contributed by atoms with Gasteiger partial charge in [-0.25, -0.2) is 9.59 Å². The van der Waals surface area contributed by atoms with Crippen LogP contribution in [0.5, 0.6) is 5.75 Å². The van der Waals surface area contributed by atoms with Crippen molar-refractivity contribution in [3.8, 4) is 5.75 Å². The molecule has 1 rings (SSSR count). The van der Waals surface area contributed by atoms with Crippen LogP contribution in [0.2, 0.25) is 0 Å². The van der Waals surface area contributed by atoms with Crippen LogP contribution >= 0.6 is 0 Å². The molecule has 1 amide bonds. The maximum Gasteiger partial charge on any atom is 0.413 e. The van der Waals surface area contributed by atoms with Gasteiger partial charge in [-0.1, -0.05) is 0 Å². The summed E-state index contributed by atoms with van der Waals surface area (Å²) in [5, 5.41) is 12.7. The number of hydrogen-bond donors (Lipinski definition) is 1. The third-order valence-electron chi connectivity index (χ3n) is 2.23. The molecule has 0 heterocycles. The van der Waals surface area contributed by atoms with Crippen molar-refractivity contribution in [1.29, 1.82) is 0 Å². The van der Waals surface area contributed by atoms with Gasteiger partial charge in [0.1, 0.15) is 11.8 Å². The van der Waals surface area contributed by atoms with Crippen LogP contribution < -0.4 is 10.1 Å². The summed E-state index contributed by atoms with van der Waals surface area (Å²) in [4.78, 5) is 32.6. The molecule has 0 saturated carbocycles. The maximum atomic E-state index is 11.5. The average molecular weight is 282 g/mol. The predicted octanol–water partition coefficient (Wildman–Crippen LogP) is 1.63. The zero-order chi connectivity index (χ0) is 15.1. The van der Waals surface area contributed by atoms with Crippen LogP contribution in [0.1, 0.15) is 13.8 Å². The second-order valence-corrected chi connectivity index (χ2v) is 3.76. The first-order chi connectivity index (χ1) is 9.43. The Morgan fingerprint density at radius 3 is 2.45 bits per heavy atom. The van der Waals surface area contributed by atoms with E-state index in [1.165, 1.54) is 31.2 Å². The number of hydrogen-bond acceptors (Lipinski definition) is 6. The minimum atomic E-state index is -0.848. The summed E-state index contributed by atoms with van der Waals surface area (Å²) >= 11 is 0. The SMILES string of the molecule is CCOC(=O)[C@H](C)NC(=O)Oc1ccc([N+](=O)[O-])cc1. The highest BCUT2D eigenvalue weighted by Crippen LogP contribution is 2.17. The second kappa shape index (κ2) is 7.07. The number of nitro benzene ring substituents is 1. The number of carbonyl (C=O) groups is 2. The Morgan fingerprint density at radius 1 is 1.35 bits per heavy atom. The third kappa shape index (κ3) is 4.56. The number of nitrogens with zero attached hydrogens (tertiary/aromatic N) is 1. The molecule has 0 aliphatic carbocycles. The monoisotopic (exact) mass is 282 g/mol. The number of carbonyl (C=O) groups excluding carboxylic acids is 2. The third-order valence-corrected chi connectivity index (χ3v) is 2.23. The molecule has 1 aromatic carbocycles. The number of ether oxygens (including phenoxy) is 2. The van der Waals surface area contributed by atoms with Crippen molar-refractivity contribution < 1.29 is 24.0 Å². The van der Waals surface area contributed by atoms with Crippen molar-refractivity contribution >= 4 is 17.7 Å². The van der Waals surface area contributed by atoms with Crippen LogP contribution in [0.3, 0.4) is 0 Å². The molecule has 0 aliphatic rings. The minimum Gasteiger partial charge on any atom is -0.464 e. The highest BCUT2D eigenvalue weighted by Gasteiger charge is 2.17. The lowest BCUT2D eigenvalue weighted by atomic mass is 10.3. The van der Waals surface area contributed by atoms with E-state index in [0.717, 1.165) is 0 Å². The van der Waals surface area contributed by atoms with Gasteiger partial charge in [0.2, 0.25) is 0 Å². The number of nitro groups is 1. The van der Waals surface area contributed by atoms with Gasteiger partial charge in [-0.15, -0.1) is 0 Å². The molecule has 8 heteroatoms. The number of rotatable bonds is 5. The normalized spacial score (nSPS) is 11.3. The Hall–Kier alpha value is -2.64. The first-order valence-corrected chi connectivity index (χ1v) is 5.83. The largest absolute Gasteiger partial charge is 0.464 e. The molecule has 1 aromatic rings. The molecule has 0 aliphatic heterocycles. The molecule has 20 heavy (non-hydrogen) atoms. The highest BCUT2D eigenvalue weighted by atomic mass is 16.6. The Morgan fingerprint density at radius 2 is 1.95 bits per heavy atom. The van der Waals surface area contributed by atoms with Crippen molar-refractivity contribution in [1.82, 2.24) is 5.32 Å². The number of esters is 1. The van der Waals surface area contributed by atoms with Gasteiger partial charge in [0.15, 0.2) is 0 Å². The number of benzene rings is 1. The van der Waals surface area contributed by atoms with Crippen LogP contribution in [0.4, 0.5) is 10.5 Å². The molecular weight excluding hydrogens is 268 g/mol. The fourth-order valence-electron chi connectivity index (χ4n) is 1.28. The van der Waals surface area contributed by atoms with E-state index in [4.69, 9.17) is 9.47 Å². The van der Waals surface area contributed by atoms with E-state index in [0.29, 0.717) is 0 Å². The fourth-order valence-corrected chi connectivity index (χ4v) is 1.28. The molecule has 0 aromatic heterocycles. The molecular formula is C12H14N2O6. The van der Waals surface area contributed by atoms with Gasteiger partial charge < -0.3 is 14.8 Å². The van der Waals surface area contributed by atoms with E-state index >= 15 is 0 Å². The second-order valence-electron chi connectivity index (χ2n) is 3.76. The summed E-state index contributed by atoms with van der Waals surface area (Å²) in [6.45, 7) is 3.32. The minimum absolute atomic E-state index is 0.113. The molecule has 0 saturated heterocycles. The molecule has 1 N–H and O–H groups in total. The average Bonchev–Trinajstić information content (AvgIpc) is 2.39. The van der Waals surface area contributed by atoms with Gasteiger partial charge >= 0.3 is 12.1 Å². The summed E-state index contributed by atoms with van der Waals surface area (Å²) in [6.07, 6.45) is -0.848. The summed E-state index contributed by atoms with van der Waals surface area (Å²) in [5.74, 6) is -0.447. The molecule has 0 bridgehead atoms. The van der Waals surface area contributed by atoms with E-state index < -0.39 is 23.0 Å². The zero-order valence-corrected chi connectivity index (χ0v) is 11.0. The molecule has 0 radical (unpaired) electrons. The first kappa shape index (κ1) is 15.4. The maximum absolute atomic E-state index is 11.5. The van der Waals surface area contributed by atoms with Crippen molar-refractivity contribution in [3.05, 3.63) is 34.4 Å². The van der Waals surface area contributed by atoms with Crippen LogP contribution in [-0.2, 0) is 9.53 Å². The number of amides is 1. The van der Waals surface area contributed by atoms with E-state index in [9.17, 15) is 19.7 Å². The van der Waals surface area contributed by atoms with Crippen LogP contribution in [0.25, 0.3) is 0 Å². The fraction of sp³-hybridized carbons (Fsp3) is 0.333. The van der Waals surface area contributed by atoms with Gasteiger partial charge in [0.05, 0.1) is 11.5 Å². The van der Waals surface area contributed by atoms with Gasteiger partial charge in [-0.05, 0) is 26.0 Å². The van der Waals surface area contributed by atoms with E-state index in [-0.39, 0.29) is 18.0 Å². The number of non-ortho nitro benzene ring substituents is 1. The quantitative estimate of drug-likeness (QED) is 0.499. The van der Waals surface area contributed by atoms with Crippen LogP contribution in [0, 0.1) is 10.1 Å². The molecule has 0 spiro atoms. The Balaban J connectivity index is 2.54. The van der Waals surface area contributed by atoms with Gasteiger partial charge in [-0.3, -0.25) is 10.1 Å². The smallest absolute Gasteiger partial charge is 0.413 e. The van der Waals surface area contributed by atoms with Crippen molar-refractivity contribution in [2.24, 2.45) is 0 Å². The van der Waals surface area contributed by atoms with Crippen molar-refractivity contribution in [3.63, 3.8) is 0 Å². The van der Waals surface area contributed by atoms with E-state index in [1.54, 1.807) is 6.92 Å². The lowest BCUT2D eigenvalue weighted by Gasteiger charge is -2.12. The first-order valence-electron chi connectivity index (χ1n) is 5.83. The van der Waals surface area contributed by atoms with E-state index in [2.05, 4.69) is 5.32 Å². The Bertz CT molecular complexity index is 499. The summed E-state index contributed by atoms with van der Waals surface area (Å²) in [7, 11) is 0. The summed E-state index contributed by atoms with van der Waals surface area (Å²) < 4.78 is 9.58. The lowest BCUT2D eigenvalue weighted by molar-refractivity contribution is -0.384. The summed E-state index contributed by atoms with van der Waals surface area (Å²) in [5.41, 5.74) is -0.113. The molecule has 8 nitrogen and oxygen atoms in total. The summed E-state index contributed by atoms with van der Waals surface area (Å²) in [6, 6.07) is 4.13. The van der Waals surface area contributed by atoms with Gasteiger partial charge in [0, 0.05) is 12.1 Å². The van der Waals surface area contributed by atoms with Crippen molar-refractivity contribution in [2.75, 3.05) is 6.61 Å². The molecule has 0 fully saturated rings.